The summed E-state index contributed by atoms with van der Waals surface area (Å²) in [5, 5.41) is 10.3. The zero-order valence-corrected chi connectivity index (χ0v) is 22.7. The first-order chi connectivity index (χ1) is 17.1. The van der Waals surface area contributed by atoms with Crippen LogP contribution >= 0.6 is 0 Å². The van der Waals surface area contributed by atoms with Gasteiger partial charge in [-0.25, -0.2) is 0 Å². The van der Waals surface area contributed by atoms with E-state index in [9.17, 15) is 0 Å². The van der Waals surface area contributed by atoms with Crippen LogP contribution in [-0.4, -0.2) is 171 Å². The summed E-state index contributed by atoms with van der Waals surface area (Å²) < 4.78 is 0. The second-order valence-corrected chi connectivity index (χ2v) is 8.91. The van der Waals surface area contributed by atoms with E-state index in [0.717, 1.165) is 111 Å². The van der Waals surface area contributed by atoms with Crippen molar-refractivity contribution in [1.29, 1.82) is 0 Å². The summed E-state index contributed by atoms with van der Waals surface area (Å²) in [6, 6.07) is 0. The van der Waals surface area contributed by atoms with Crippen molar-refractivity contribution >= 4 is 0 Å². The molecular formula is C23H60N12. The molecule has 0 saturated carbocycles. The topological polar surface area (TPSA) is 179 Å². The third-order valence-corrected chi connectivity index (χ3v) is 6.06. The number of likely N-dealkylation sites (N-methyl/N-ethyl adjacent to an activating group) is 1. The minimum atomic E-state index is 0.669. The van der Waals surface area contributed by atoms with E-state index in [4.69, 9.17) is 28.7 Å². The minimum absolute atomic E-state index is 0.669. The fourth-order valence-corrected chi connectivity index (χ4v) is 4.01. The molecule has 0 bridgehead atoms. The van der Waals surface area contributed by atoms with E-state index >= 15 is 0 Å². The van der Waals surface area contributed by atoms with Gasteiger partial charge in [-0.2, -0.15) is 0 Å². The Morgan fingerprint density at radius 2 is 0.629 bits per heavy atom. The standard InChI is InChI=1S/C23H60N12/c1-29-7-17-33(14-4-26)19-9-31-11-21-35(16-6-28)23-22-34(15-5-27)20-10-30-8-18-32(12-2-24)13-3-25/h29-31H,2-28H2,1H3. The van der Waals surface area contributed by atoms with E-state index in [0.29, 0.717) is 32.7 Å². The smallest absolute Gasteiger partial charge is 0.0110 e. The predicted molar refractivity (Wildman–Crippen MR) is 151 cm³/mol. The highest BCUT2D eigenvalue weighted by Crippen LogP contribution is 1.93. The van der Waals surface area contributed by atoms with Crippen molar-refractivity contribution in [3.8, 4) is 0 Å². The molecule has 0 heterocycles. The Morgan fingerprint density at radius 1 is 0.371 bits per heavy atom. The van der Waals surface area contributed by atoms with E-state index in [1.807, 2.05) is 7.05 Å². The fraction of sp³-hybridized carbons (Fsp3) is 1.00. The van der Waals surface area contributed by atoms with Gasteiger partial charge in [-0.3, -0.25) is 19.6 Å². The molecule has 13 N–H and O–H groups in total. The predicted octanol–water partition coefficient (Wildman–Crippen LogP) is -4.61. The van der Waals surface area contributed by atoms with Gasteiger partial charge >= 0.3 is 0 Å². The van der Waals surface area contributed by atoms with Gasteiger partial charge in [0.1, 0.15) is 0 Å². The highest BCUT2D eigenvalue weighted by Gasteiger charge is 2.09. The summed E-state index contributed by atoms with van der Waals surface area (Å²) in [5.74, 6) is 0. The molecule has 0 unspecified atom stereocenters. The normalized spacial score (nSPS) is 12.2. The van der Waals surface area contributed by atoms with Gasteiger partial charge in [-0.05, 0) is 7.05 Å². The van der Waals surface area contributed by atoms with Gasteiger partial charge in [0.05, 0.1) is 0 Å². The lowest BCUT2D eigenvalue weighted by molar-refractivity contribution is 0.207. The molecule has 0 spiro atoms. The first kappa shape index (κ1) is 34.5. The van der Waals surface area contributed by atoms with E-state index in [2.05, 4.69) is 35.6 Å². The second kappa shape index (κ2) is 26.6. The highest BCUT2D eigenvalue weighted by atomic mass is 15.2. The van der Waals surface area contributed by atoms with Crippen molar-refractivity contribution in [2.24, 2.45) is 28.7 Å². The lowest BCUT2D eigenvalue weighted by Crippen LogP contribution is -2.45. The molecule has 35 heavy (non-hydrogen) atoms. The first-order valence-electron chi connectivity index (χ1n) is 13.6. The molecule has 12 nitrogen and oxygen atoms in total. The van der Waals surface area contributed by atoms with Crippen LogP contribution in [0.25, 0.3) is 0 Å². The van der Waals surface area contributed by atoms with Crippen molar-refractivity contribution in [2.75, 3.05) is 151 Å². The van der Waals surface area contributed by atoms with Gasteiger partial charge in [0, 0.05) is 144 Å². The Balaban J connectivity index is 4.19. The quantitative estimate of drug-likeness (QED) is 0.0479. The number of nitrogens with two attached hydrogens (primary N) is 5. The summed E-state index contributed by atoms with van der Waals surface area (Å²) in [6.07, 6.45) is 0. The molecule has 0 aromatic heterocycles. The largest absolute Gasteiger partial charge is 0.329 e. The van der Waals surface area contributed by atoms with E-state index in [1.165, 1.54) is 0 Å². The van der Waals surface area contributed by atoms with Crippen molar-refractivity contribution in [2.45, 2.75) is 0 Å². The van der Waals surface area contributed by atoms with Crippen LogP contribution in [0, 0.1) is 0 Å². The number of nitrogens with one attached hydrogen (secondary N) is 3. The number of hydrogen-bond acceptors (Lipinski definition) is 12. The van der Waals surface area contributed by atoms with E-state index < -0.39 is 0 Å². The van der Waals surface area contributed by atoms with Gasteiger partial charge in [0.25, 0.3) is 0 Å². The molecule has 0 amide bonds. The van der Waals surface area contributed by atoms with Crippen LogP contribution in [0.3, 0.4) is 0 Å². The minimum Gasteiger partial charge on any atom is -0.329 e. The molecule has 212 valence electrons. The summed E-state index contributed by atoms with van der Waals surface area (Å²) in [5.41, 5.74) is 28.8. The third kappa shape index (κ3) is 21.3. The number of nitrogens with zero attached hydrogens (tertiary/aromatic N) is 4. The Labute approximate surface area is 215 Å². The van der Waals surface area contributed by atoms with Gasteiger partial charge < -0.3 is 44.6 Å². The van der Waals surface area contributed by atoms with Gasteiger partial charge in [0.15, 0.2) is 0 Å². The van der Waals surface area contributed by atoms with Crippen molar-refractivity contribution in [3.63, 3.8) is 0 Å². The van der Waals surface area contributed by atoms with E-state index in [-0.39, 0.29) is 0 Å². The monoisotopic (exact) mass is 505 g/mol. The molecule has 12 heteroatoms. The van der Waals surface area contributed by atoms with Crippen LogP contribution in [0.5, 0.6) is 0 Å². The maximum absolute atomic E-state index is 5.88. The molecule has 0 aliphatic heterocycles. The van der Waals surface area contributed by atoms with Gasteiger partial charge in [-0.1, -0.05) is 0 Å². The van der Waals surface area contributed by atoms with Crippen LogP contribution in [0.4, 0.5) is 0 Å². The molecule has 0 aromatic carbocycles. The van der Waals surface area contributed by atoms with Gasteiger partial charge in [-0.15, -0.1) is 0 Å². The molecule has 0 rings (SSSR count). The maximum atomic E-state index is 5.88. The zero-order chi connectivity index (χ0) is 26.0. The Hall–Kier alpha value is -0.480. The van der Waals surface area contributed by atoms with Crippen molar-refractivity contribution in [3.05, 3.63) is 0 Å². The molecule has 0 aliphatic rings. The van der Waals surface area contributed by atoms with Crippen molar-refractivity contribution in [1.82, 2.24) is 35.6 Å². The third-order valence-electron chi connectivity index (χ3n) is 6.06. The molecule has 0 aliphatic carbocycles. The van der Waals surface area contributed by atoms with Crippen LogP contribution in [0.15, 0.2) is 0 Å². The molecular weight excluding hydrogens is 444 g/mol. The highest BCUT2D eigenvalue weighted by molar-refractivity contribution is 4.69. The summed E-state index contributed by atoms with van der Waals surface area (Å²) in [6.45, 7) is 19.8. The van der Waals surface area contributed by atoms with Crippen molar-refractivity contribution < 1.29 is 0 Å². The summed E-state index contributed by atoms with van der Waals surface area (Å²) in [7, 11) is 1.98. The van der Waals surface area contributed by atoms with Gasteiger partial charge in [0.2, 0.25) is 0 Å². The fourth-order valence-electron chi connectivity index (χ4n) is 4.01. The first-order valence-corrected chi connectivity index (χ1v) is 13.6. The maximum Gasteiger partial charge on any atom is 0.0110 e. The summed E-state index contributed by atoms with van der Waals surface area (Å²) in [4.78, 5) is 9.59. The molecule has 0 radical (unpaired) electrons. The van der Waals surface area contributed by atoms with Crippen LogP contribution in [0.2, 0.25) is 0 Å². The average Bonchev–Trinajstić information content (AvgIpc) is 2.85. The number of hydrogen-bond donors (Lipinski definition) is 8. The Morgan fingerprint density at radius 3 is 0.914 bits per heavy atom. The zero-order valence-electron chi connectivity index (χ0n) is 22.7. The lowest BCUT2D eigenvalue weighted by Gasteiger charge is -2.28. The van der Waals surface area contributed by atoms with Crippen LogP contribution < -0.4 is 44.6 Å². The summed E-state index contributed by atoms with van der Waals surface area (Å²) >= 11 is 0. The number of rotatable bonds is 28. The lowest BCUT2D eigenvalue weighted by atomic mass is 10.3. The molecule has 0 aromatic rings. The molecule has 0 saturated heterocycles. The van der Waals surface area contributed by atoms with E-state index in [1.54, 1.807) is 0 Å². The Bertz CT molecular complexity index is 412. The second-order valence-electron chi connectivity index (χ2n) is 8.91. The van der Waals surface area contributed by atoms with Crippen LogP contribution in [-0.2, 0) is 0 Å². The van der Waals surface area contributed by atoms with Crippen LogP contribution in [0.1, 0.15) is 0 Å². The Kier molecular flexibility index (Phi) is 26.2. The SMILES string of the molecule is CNCCN(CCN)CCNCCN(CCN)CCN(CCN)CCNCCN(CCN)CCN. The average molecular weight is 505 g/mol. The molecule has 0 atom stereocenters. The molecule has 0 fully saturated rings.